The van der Waals surface area contributed by atoms with Crippen molar-refractivity contribution >= 4 is 28.2 Å². The van der Waals surface area contributed by atoms with Gasteiger partial charge in [-0.3, -0.25) is 4.79 Å². The van der Waals surface area contributed by atoms with Gasteiger partial charge in [-0.05, 0) is 66.0 Å². The van der Waals surface area contributed by atoms with Crippen LogP contribution in [0.5, 0.6) is 5.75 Å². The molecule has 1 aromatic heterocycles. The van der Waals surface area contributed by atoms with E-state index in [1.165, 1.54) is 10.4 Å². The number of fused-ring (bicyclic) bond motifs is 3. The largest absolute Gasteiger partial charge is 0.423 e. The molecule has 5 rings (SSSR count). The maximum atomic E-state index is 13.0. The van der Waals surface area contributed by atoms with Crippen LogP contribution in [0.4, 0.5) is 5.00 Å². The summed E-state index contributed by atoms with van der Waals surface area (Å²) in [6.07, 6.45) is 2.81. The Morgan fingerprint density at radius 2 is 1.76 bits per heavy atom. The maximum absolute atomic E-state index is 13.0. The van der Waals surface area contributed by atoms with Crippen molar-refractivity contribution in [2.45, 2.75) is 46.2 Å². The van der Waals surface area contributed by atoms with Crippen LogP contribution in [0.25, 0.3) is 0 Å². The van der Waals surface area contributed by atoms with Crippen molar-refractivity contribution in [2.75, 3.05) is 5.32 Å². The Morgan fingerprint density at radius 3 is 2.45 bits per heavy atom. The first-order chi connectivity index (χ1) is 15.8. The summed E-state index contributed by atoms with van der Waals surface area (Å²) >= 11 is 1.73. The van der Waals surface area contributed by atoms with Crippen LogP contribution in [0, 0.1) is 11.3 Å². The van der Waals surface area contributed by atoms with Crippen molar-refractivity contribution in [3.63, 3.8) is 0 Å². The predicted molar refractivity (Wildman–Crippen MR) is 131 cm³/mol. The third kappa shape index (κ3) is 4.27. The molecular weight excluding hydrogens is 432 g/mol. The van der Waals surface area contributed by atoms with Crippen LogP contribution >= 0.6 is 11.3 Å². The highest BCUT2D eigenvalue weighted by atomic mass is 32.1. The highest BCUT2D eigenvalue weighted by Gasteiger charge is 2.36. The quantitative estimate of drug-likeness (QED) is 0.373. The van der Waals surface area contributed by atoms with Gasteiger partial charge in [0, 0.05) is 4.88 Å². The summed E-state index contributed by atoms with van der Waals surface area (Å²) < 4.78 is 5.47. The van der Waals surface area contributed by atoms with Crippen molar-refractivity contribution in [3.8, 4) is 5.75 Å². The Bertz CT molecular complexity index is 1190. The number of ether oxygens (including phenoxy) is 1. The molecule has 170 valence electrons. The summed E-state index contributed by atoms with van der Waals surface area (Å²) in [6.45, 7) is 6.91. The molecular formula is C27H28N2O3S. The fourth-order valence-corrected chi connectivity index (χ4v) is 6.03. The standard InChI is InChI=1S/C27H28N2O3S/c1-27(2,3)18-11-14-20-21(15-18)33-25-22(20)24(30)28-23(29-25)16-9-12-19(13-10-16)32-26(31)17-7-5-4-6-8-17/h4-10,12-13,18,23,29H,11,14-15H2,1-3H3,(H,28,30)/t18-,23-/m1/s1. The fraction of sp³-hybridized carbons (Fsp3) is 0.333. The fourth-order valence-electron chi connectivity index (χ4n) is 4.67. The summed E-state index contributed by atoms with van der Waals surface area (Å²) in [7, 11) is 0. The number of carbonyl (C=O) groups is 2. The molecule has 0 spiro atoms. The van der Waals surface area contributed by atoms with E-state index >= 15 is 0 Å². The number of nitrogens with one attached hydrogen (secondary N) is 2. The molecule has 3 aromatic rings. The molecule has 2 atom stereocenters. The van der Waals surface area contributed by atoms with Crippen molar-refractivity contribution in [1.29, 1.82) is 0 Å². The average molecular weight is 461 g/mol. The van der Waals surface area contributed by atoms with E-state index in [-0.39, 0.29) is 17.5 Å². The number of amides is 1. The molecule has 0 saturated carbocycles. The molecule has 2 N–H and O–H groups in total. The summed E-state index contributed by atoms with van der Waals surface area (Å²) in [4.78, 5) is 26.7. The highest BCUT2D eigenvalue weighted by molar-refractivity contribution is 7.16. The topological polar surface area (TPSA) is 67.4 Å². The Balaban J connectivity index is 1.31. The molecule has 2 aromatic carbocycles. The van der Waals surface area contributed by atoms with Crippen LogP contribution in [0.3, 0.4) is 0 Å². The number of hydrogen-bond acceptors (Lipinski definition) is 5. The number of anilines is 1. The van der Waals surface area contributed by atoms with Gasteiger partial charge in [-0.1, -0.05) is 51.1 Å². The van der Waals surface area contributed by atoms with Crippen LogP contribution < -0.4 is 15.4 Å². The number of carbonyl (C=O) groups excluding carboxylic acids is 2. The molecule has 5 nitrogen and oxygen atoms in total. The Morgan fingerprint density at radius 1 is 1.03 bits per heavy atom. The molecule has 2 heterocycles. The smallest absolute Gasteiger partial charge is 0.343 e. The summed E-state index contributed by atoms with van der Waals surface area (Å²) in [5.74, 6) is 0.695. The maximum Gasteiger partial charge on any atom is 0.343 e. The number of esters is 1. The van der Waals surface area contributed by atoms with Crippen LogP contribution in [-0.2, 0) is 12.8 Å². The lowest BCUT2D eigenvalue weighted by Gasteiger charge is -2.34. The van der Waals surface area contributed by atoms with Gasteiger partial charge in [0.1, 0.15) is 16.9 Å². The van der Waals surface area contributed by atoms with Gasteiger partial charge in [0.25, 0.3) is 5.91 Å². The number of thiophene rings is 1. The van der Waals surface area contributed by atoms with Gasteiger partial charge in [0.15, 0.2) is 0 Å². The first-order valence-electron chi connectivity index (χ1n) is 11.4. The van der Waals surface area contributed by atoms with Gasteiger partial charge < -0.3 is 15.4 Å². The number of benzene rings is 2. The van der Waals surface area contributed by atoms with Crippen molar-refractivity contribution in [1.82, 2.24) is 5.32 Å². The molecule has 0 unspecified atom stereocenters. The van der Waals surface area contributed by atoms with E-state index in [9.17, 15) is 9.59 Å². The Hall–Kier alpha value is -3.12. The normalized spacial score (nSPS) is 19.7. The minimum absolute atomic E-state index is 0.0139. The van der Waals surface area contributed by atoms with E-state index in [0.29, 0.717) is 17.2 Å². The van der Waals surface area contributed by atoms with Gasteiger partial charge >= 0.3 is 5.97 Å². The van der Waals surface area contributed by atoms with Gasteiger partial charge in [-0.15, -0.1) is 11.3 Å². The van der Waals surface area contributed by atoms with E-state index in [2.05, 4.69) is 31.4 Å². The minimum Gasteiger partial charge on any atom is -0.423 e. The second-order valence-corrected chi connectivity index (χ2v) is 11.0. The SMILES string of the molecule is CC(C)(C)[C@@H]1CCc2c(sc3c2C(=O)N[C@@H](c2ccc(OC(=O)c4ccccc4)cc2)N3)C1. The van der Waals surface area contributed by atoms with E-state index < -0.39 is 5.97 Å². The molecule has 1 amide bonds. The molecule has 0 radical (unpaired) electrons. The minimum atomic E-state index is -0.394. The van der Waals surface area contributed by atoms with Gasteiger partial charge in [0.05, 0.1) is 11.1 Å². The number of hydrogen-bond donors (Lipinski definition) is 2. The molecule has 0 fully saturated rings. The Labute approximate surface area is 198 Å². The first kappa shape index (κ1) is 21.7. The zero-order chi connectivity index (χ0) is 23.2. The number of rotatable bonds is 3. The van der Waals surface area contributed by atoms with E-state index in [4.69, 9.17) is 4.74 Å². The first-order valence-corrected chi connectivity index (χ1v) is 12.2. The van der Waals surface area contributed by atoms with Crippen LogP contribution in [-0.4, -0.2) is 11.9 Å². The van der Waals surface area contributed by atoms with E-state index in [1.807, 2.05) is 18.2 Å². The summed E-state index contributed by atoms with van der Waals surface area (Å²) in [6, 6.07) is 16.2. The molecule has 6 heteroatoms. The van der Waals surface area contributed by atoms with Gasteiger partial charge in [-0.2, -0.15) is 0 Å². The Kier molecular flexibility index (Phi) is 5.49. The molecule has 0 bridgehead atoms. The van der Waals surface area contributed by atoms with Crippen molar-refractivity contribution in [3.05, 3.63) is 81.7 Å². The molecule has 2 aliphatic rings. The second-order valence-electron chi connectivity index (χ2n) is 9.89. The lowest BCUT2D eigenvalue weighted by molar-refractivity contribution is 0.0734. The third-order valence-corrected chi connectivity index (χ3v) is 7.89. The zero-order valence-electron chi connectivity index (χ0n) is 19.1. The second kappa shape index (κ2) is 8.34. The van der Waals surface area contributed by atoms with Crippen LogP contribution in [0.15, 0.2) is 54.6 Å². The molecule has 1 aliphatic heterocycles. The van der Waals surface area contributed by atoms with E-state index in [0.717, 1.165) is 35.4 Å². The lowest BCUT2D eigenvalue weighted by atomic mass is 9.72. The van der Waals surface area contributed by atoms with Crippen LogP contribution in [0.1, 0.15) is 70.1 Å². The molecule has 1 aliphatic carbocycles. The van der Waals surface area contributed by atoms with Crippen molar-refractivity contribution in [2.24, 2.45) is 11.3 Å². The summed E-state index contributed by atoms with van der Waals surface area (Å²) in [5, 5.41) is 7.58. The van der Waals surface area contributed by atoms with Gasteiger partial charge in [-0.25, -0.2) is 4.79 Å². The average Bonchev–Trinajstić information content (AvgIpc) is 3.18. The lowest BCUT2D eigenvalue weighted by Crippen LogP contribution is -2.38. The predicted octanol–water partition coefficient (Wildman–Crippen LogP) is 5.97. The third-order valence-electron chi connectivity index (χ3n) is 6.70. The highest BCUT2D eigenvalue weighted by Crippen LogP contribution is 2.46. The van der Waals surface area contributed by atoms with Crippen molar-refractivity contribution < 1.29 is 14.3 Å². The molecule has 0 saturated heterocycles. The zero-order valence-corrected chi connectivity index (χ0v) is 19.9. The van der Waals surface area contributed by atoms with Gasteiger partial charge in [0.2, 0.25) is 0 Å². The molecule has 33 heavy (non-hydrogen) atoms. The summed E-state index contributed by atoms with van der Waals surface area (Å²) in [5.41, 5.74) is 3.74. The van der Waals surface area contributed by atoms with E-state index in [1.54, 1.807) is 47.7 Å². The monoisotopic (exact) mass is 460 g/mol. The van der Waals surface area contributed by atoms with Crippen LogP contribution in [0.2, 0.25) is 0 Å².